The molecule has 0 aliphatic heterocycles. The van der Waals surface area contributed by atoms with E-state index in [4.69, 9.17) is 4.74 Å². The van der Waals surface area contributed by atoms with Gasteiger partial charge < -0.3 is 15.4 Å². The molecule has 128 valence electrons. The highest BCUT2D eigenvalue weighted by molar-refractivity contribution is 5.36. The molecule has 0 fully saturated rings. The Morgan fingerprint density at radius 3 is 2.71 bits per heavy atom. The summed E-state index contributed by atoms with van der Waals surface area (Å²) in [5, 5.41) is 10.2. The van der Waals surface area contributed by atoms with E-state index >= 15 is 0 Å². The van der Waals surface area contributed by atoms with Crippen LogP contribution in [0.4, 0.5) is 11.9 Å². The first-order chi connectivity index (χ1) is 11.5. The average Bonchev–Trinajstić information content (AvgIpc) is 2.50. The van der Waals surface area contributed by atoms with Gasteiger partial charge in [-0.2, -0.15) is 15.0 Å². The molecule has 0 saturated carbocycles. The van der Waals surface area contributed by atoms with Crippen molar-refractivity contribution in [3.63, 3.8) is 0 Å². The van der Waals surface area contributed by atoms with Gasteiger partial charge in [0.2, 0.25) is 17.8 Å². The maximum absolute atomic E-state index is 11.7. The van der Waals surface area contributed by atoms with E-state index in [0.717, 1.165) is 0 Å². The quantitative estimate of drug-likeness (QED) is 0.703. The molecular formula is C15H21N7O2. The molecule has 2 aromatic heterocycles. The molecule has 0 aliphatic rings. The fraction of sp³-hybridized carbons (Fsp3) is 0.400. The van der Waals surface area contributed by atoms with Crippen LogP contribution in [0.2, 0.25) is 0 Å². The minimum absolute atomic E-state index is 0.0837. The zero-order chi connectivity index (χ0) is 17.5. The largest absolute Gasteiger partial charge is 0.403 e. The lowest BCUT2D eigenvalue weighted by Crippen LogP contribution is -2.21. The molecule has 0 bridgehead atoms. The molecule has 9 heteroatoms. The summed E-state index contributed by atoms with van der Waals surface area (Å²) in [4.78, 5) is 24.3. The van der Waals surface area contributed by atoms with Gasteiger partial charge >= 0.3 is 6.01 Å². The molecule has 0 aliphatic carbocycles. The predicted molar refractivity (Wildman–Crippen MR) is 91.5 cm³/mol. The van der Waals surface area contributed by atoms with Crippen molar-refractivity contribution in [2.24, 2.45) is 0 Å². The molecule has 2 N–H and O–H groups in total. The standard InChI is InChI=1S/C15H21N7O2/c1-5-9-22-12(23)8-7-11(21-22)24-15-19-13(16-6-2)18-14(20-15)17-10(3)4/h5,7-8,10H,1,6,9H2,2-4H3,(H2,16,17,18,19,20). The highest BCUT2D eigenvalue weighted by Crippen LogP contribution is 2.17. The Hall–Kier alpha value is -2.97. The SMILES string of the molecule is C=CCn1nc(Oc2nc(NCC)nc(NC(C)C)n2)ccc1=O. The lowest BCUT2D eigenvalue weighted by molar-refractivity contribution is 0.404. The van der Waals surface area contributed by atoms with E-state index in [-0.39, 0.29) is 30.0 Å². The highest BCUT2D eigenvalue weighted by Gasteiger charge is 2.10. The highest BCUT2D eigenvalue weighted by atomic mass is 16.5. The van der Waals surface area contributed by atoms with Gasteiger partial charge in [0, 0.05) is 24.7 Å². The molecule has 0 unspecified atom stereocenters. The molecule has 9 nitrogen and oxygen atoms in total. The van der Waals surface area contributed by atoms with Gasteiger partial charge in [-0.3, -0.25) is 4.79 Å². The van der Waals surface area contributed by atoms with Crippen molar-refractivity contribution in [1.29, 1.82) is 0 Å². The summed E-state index contributed by atoms with van der Waals surface area (Å²) < 4.78 is 6.82. The topological polar surface area (TPSA) is 107 Å². The Morgan fingerprint density at radius 1 is 1.29 bits per heavy atom. The van der Waals surface area contributed by atoms with Gasteiger partial charge in [-0.25, -0.2) is 4.68 Å². The van der Waals surface area contributed by atoms with Crippen LogP contribution >= 0.6 is 0 Å². The van der Waals surface area contributed by atoms with E-state index in [0.29, 0.717) is 18.4 Å². The van der Waals surface area contributed by atoms with Crippen LogP contribution < -0.4 is 20.9 Å². The van der Waals surface area contributed by atoms with Gasteiger partial charge in [0.25, 0.3) is 5.56 Å². The van der Waals surface area contributed by atoms with Crippen LogP contribution in [-0.4, -0.2) is 37.3 Å². The van der Waals surface area contributed by atoms with Gasteiger partial charge in [0.15, 0.2) is 0 Å². The summed E-state index contributed by atoms with van der Waals surface area (Å²) in [5.41, 5.74) is -0.242. The van der Waals surface area contributed by atoms with Gasteiger partial charge in [-0.15, -0.1) is 11.7 Å². The molecule has 0 saturated heterocycles. The number of aromatic nitrogens is 5. The molecule has 0 radical (unpaired) electrons. The average molecular weight is 331 g/mol. The van der Waals surface area contributed by atoms with Crippen LogP contribution in [0.1, 0.15) is 20.8 Å². The normalized spacial score (nSPS) is 10.5. The maximum atomic E-state index is 11.7. The van der Waals surface area contributed by atoms with Crippen LogP contribution in [0.5, 0.6) is 11.9 Å². The summed E-state index contributed by atoms with van der Waals surface area (Å²) in [6.07, 6.45) is 1.58. The summed E-state index contributed by atoms with van der Waals surface area (Å²) in [6, 6.07) is 3.07. The first-order valence-electron chi connectivity index (χ1n) is 7.65. The number of hydrogen-bond donors (Lipinski definition) is 2. The van der Waals surface area contributed by atoms with Crippen molar-refractivity contribution in [3.05, 3.63) is 35.1 Å². The van der Waals surface area contributed by atoms with Crippen LogP contribution in [0.25, 0.3) is 0 Å². The van der Waals surface area contributed by atoms with E-state index in [1.165, 1.54) is 16.8 Å². The van der Waals surface area contributed by atoms with Crippen molar-refractivity contribution in [2.45, 2.75) is 33.4 Å². The van der Waals surface area contributed by atoms with E-state index in [2.05, 4.69) is 37.3 Å². The Morgan fingerprint density at radius 2 is 2.04 bits per heavy atom. The first kappa shape index (κ1) is 17.4. The van der Waals surface area contributed by atoms with Crippen LogP contribution in [0.3, 0.4) is 0 Å². The molecule has 2 aromatic rings. The number of nitrogens with zero attached hydrogens (tertiary/aromatic N) is 5. The summed E-state index contributed by atoms with van der Waals surface area (Å²) in [6.45, 7) is 10.4. The Labute approximate surface area is 139 Å². The third-order valence-electron chi connectivity index (χ3n) is 2.71. The Bertz CT molecular complexity index is 758. The van der Waals surface area contributed by atoms with Crippen LogP contribution in [-0.2, 0) is 6.54 Å². The van der Waals surface area contributed by atoms with E-state index in [1.54, 1.807) is 6.08 Å². The number of anilines is 2. The van der Waals surface area contributed by atoms with E-state index < -0.39 is 0 Å². The fourth-order valence-electron chi connectivity index (χ4n) is 1.79. The number of allylic oxidation sites excluding steroid dienone is 1. The number of ether oxygens (including phenoxy) is 1. The number of hydrogen-bond acceptors (Lipinski definition) is 8. The second-order valence-electron chi connectivity index (χ2n) is 5.18. The molecule has 2 rings (SSSR count). The van der Waals surface area contributed by atoms with E-state index in [9.17, 15) is 4.79 Å². The van der Waals surface area contributed by atoms with Crippen molar-refractivity contribution in [2.75, 3.05) is 17.2 Å². The fourth-order valence-corrected chi connectivity index (χ4v) is 1.79. The van der Waals surface area contributed by atoms with Gasteiger partial charge in [-0.05, 0) is 20.8 Å². The minimum Gasteiger partial charge on any atom is -0.403 e. The predicted octanol–water partition coefficient (Wildman–Crippen LogP) is 1.66. The molecule has 24 heavy (non-hydrogen) atoms. The molecule has 2 heterocycles. The second kappa shape index (κ2) is 8.04. The van der Waals surface area contributed by atoms with Gasteiger partial charge in [0.1, 0.15) is 0 Å². The summed E-state index contributed by atoms with van der Waals surface area (Å²) >= 11 is 0. The summed E-state index contributed by atoms with van der Waals surface area (Å²) in [5.74, 6) is 0.996. The zero-order valence-corrected chi connectivity index (χ0v) is 14.0. The Kier molecular flexibility index (Phi) is 5.83. The molecule has 0 amide bonds. The lowest BCUT2D eigenvalue weighted by atomic mass is 10.4. The van der Waals surface area contributed by atoms with Crippen LogP contribution in [0, 0.1) is 0 Å². The zero-order valence-electron chi connectivity index (χ0n) is 14.0. The van der Waals surface area contributed by atoms with Crippen molar-refractivity contribution in [3.8, 4) is 11.9 Å². The second-order valence-corrected chi connectivity index (χ2v) is 5.18. The van der Waals surface area contributed by atoms with Crippen molar-refractivity contribution < 1.29 is 4.74 Å². The monoisotopic (exact) mass is 331 g/mol. The Balaban J connectivity index is 2.30. The minimum atomic E-state index is -0.242. The van der Waals surface area contributed by atoms with Crippen LogP contribution in [0.15, 0.2) is 29.6 Å². The lowest BCUT2D eigenvalue weighted by Gasteiger charge is -2.11. The third kappa shape index (κ3) is 4.77. The molecule has 0 atom stereocenters. The van der Waals surface area contributed by atoms with E-state index in [1.807, 2.05) is 20.8 Å². The van der Waals surface area contributed by atoms with Gasteiger partial charge in [0.05, 0.1) is 6.54 Å². The molecular weight excluding hydrogens is 310 g/mol. The number of rotatable bonds is 8. The first-order valence-corrected chi connectivity index (χ1v) is 7.65. The van der Waals surface area contributed by atoms with Crippen molar-refractivity contribution in [1.82, 2.24) is 24.7 Å². The van der Waals surface area contributed by atoms with Crippen molar-refractivity contribution >= 4 is 11.9 Å². The summed E-state index contributed by atoms with van der Waals surface area (Å²) in [7, 11) is 0. The maximum Gasteiger partial charge on any atom is 0.330 e. The number of nitrogens with one attached hydrogen (secondary N) is 2. The molecule has 0 spiro atoms. The molecule has 0 aromatic carbocycles. The third-order valence-corrected chi connectivity index (χ3v) is 2.71. The van der Waals surface area contributed by atoms with Gasteiger partial charge in [-0.1, -0.05) is 6.08 Å². The smallest absolute Gasteiger partial charge is 0.330 e.